The van der Waals surface area contributed by atoms with Gasteiger partial charge in [0.2, 0.25) is 5.76 Å². The Labute approximate surface area is 155 Å². The maximum absolute atomic E-state index is 12.3. The van der Waals surface area contributed by atoms with Crippen LogP contribution in [0.1, 0.15) is 21.8 Å². The van der Waals surface area contributed by atoms with Crippen LogP contribution < -0.4 is 5.32 Å². The number of benzene rings is 1. The number of carbonyl (C=O) groups is 1. The first-order chi connectivity index (χ1) is 12.7. The van der Waals surface area contributed by atoms with E-state index in [1.165, 1.54) is 11.6 Å². The van der Waals surface area contributed by atoms with E-state index in [0.29, 0.717) is 17.3 Å². The Morgan fingerprint density at radius 1 is 1.23 bits per heavy atom. The molecule has 0 aliphatic heterocycles. The Bertz CT molecular complexity index is 844. The second-order valence-electron chi connectivity index (χ2n) is 5.84. The first kappa shape index (κ1) is 18.3. The van der Waals surface area contributed by atoms with Gasteiger partial charge in [0.15, 0.2) is 11.5 Å². The average Bonchev–Trinajstić information content (AvgIpc) is 3.30. The van der Waals surface area contributed by atoms with Crippen LogP contribution in [0, 0.1) is 6.92 Å². The molecule has 0 fully saturated rings. The van der Waals surface area contributed by atoms with E-state index in [4.69, 9.17) is 8.94 Å². The number of aromatic nitrogens is 1. The molecule has 1 amide bonds. The summed E-state index contributed by atoms with van der Waals surface area (Å²) in [7, 11) is 0. The number of hydrogen-bond donors (Lipinski definition) is 2. The van der Waals surface area contributed by atoms with Crippen LogP contribution >= 0.6 is 11.8 Å². The molecule has 1 atom stereocenters. The fraction of sp³-hybridized carbons (Fsp3) is 0.263. The zero-order valence-electron chi connectivity index (χ0n) is 14.3. The van der Waals surface area contributed by atoms with Gasteiger partial charge in [-0.05, 0) is 24.6 Å². The maximum Gasteiger partial charge on any atom is 0.273 e. The second-order valence-corrected chi connectivity index (χ2v) is 6.87. The van der Waals surface area contributed by atoms with E-state index in [0.717, 1.165) is 11.5 Å². The molecule has 0 unspecified atom stereocenters. The standard InChI is InChI=1S/C19H20N2O4S/c1-13-7-8-17(24-13)18-9-16(21-25-18)19(23)20-15(10-22)12-26-11-14-5-3-2-4-6-14/h2-9,15,22H,10-12H2,1H3,(H,20,23)/t15-/m0/s1. The van der Waals surface area contributed by atoms with Crippen molar-refractivity contribution >= 4 is 17.7 Å². The van der Waals surface area contributed by atoms with Gasteiger partial charge in [-0.15, -0.1) is 0 Å². The Balaban J connectivity index is 1.53. The Hall–Kier alpha value is -2.51. The summed E-state index contributed by atoms with van der Waals surface area (Å²) in [5, 5.41) is 16.1. The van der Waals surface area contributed by atoms with E-state index in [1.54, 1.807) is 17.8 Å². The zero-order chi connectivity index (χ0) is 18.4. The van der Waals surface area contributed by atoms with Crippen molar-refractivity contribution in [2.24, 2.45) is 0 Å². The number of thioether (sulfide) groups is 1. The molecule has 2 heterocycles. The van der Waals surface area contributed by atoms with Crippen LogP contribution in [0.5, 0.6) is 0 Å². The largest absolute Gasteiger partial charge is 0.458 e. The van der Waals surface area contributed by atoms with Gasteiger partial charge in [-0.25, -0.2) is 0 Å². The molecular formula is C19H20N2O4S. The molecule has 1 aromatic carbocycles. The molecule has 136 valence electrons. The van der Waals surface area contributed by atoms with Crippen molar-refractivity contribution in [3.8, 4) is 11.5 Å². The Morgan fingerprint density at radius 3 is 2.73 bits per heavy atom. The first-order valence-electron chi connectivity index (χ1n) is 8.22. The van der Waals surface area contributed by atoms with Gasteiger partial charge in [0.25, 0.3) is 5.91 Å². The summed E-state index contributed by atoms with van der Waals surface area (Å²) >= 11 is 1.65. The minimum Gasteiger partial charge on any atom is -0.458 e. The maximum atomic E-state index is 12.3. The summed E-state index contributed by atoms with van der Waals surface area (Å²) in [6.07, 6.45) is 0. The lowest BCUT2D eigenvalue weighted by atomic mass is 10.2. The van der Waals surface area contributed by atoms with Gasteiger partial charge in [-0.2, -0.15) is 11.8 Å². The highest BCUT2D eigenvalue weighted by Gasteiger charge is 2.18. The molecule has 0 spiro atoms. The van der Waals surface area contributed by atoms with Crippen molar-refractivity contribution in [3.05, 3.63) is 65.5 Å². The van der Waals surface area contributed by atoms with Crippen LogP contribution in [0.15, 0.2) is 57.5 Å². The molecule has 0 saturated carbocycles. The number of aliphatic hydroxyl groups is 1. The molecule has 7 heteroatoms. The first-order valence-corrected chi connectivity index (χ1v) is 9.38. The van der Waals surface area contributed by atoms with Crippen LogP contribution in [0.2, 0.25) is 0 Å². The number of carbonyl (C=O) groups excluding carboxylic acids is 1. The normalized spacial score (nSPS) is 12.1. The van der Waals surface area contributed by atoms with Crippen molar-refractivity contribution < 1.29 is 18.8 Å². The third-order valence-corrected chi connectivity index (χ3v) is 4.89. The molecule has 0 aliphatic carbocycles. The van der Waals surface area contributed by atoms with Gasteiger partial charge in [-0.1, -0.05) is 35.5 Å². The van der Waals surface area contributed by atoms with E-state index in [2.05, 4.69) is 10.5 Å². The summed E-state index contributed by atoms with van der Waals surface area (Å²) in [5.74, 6) is 2.69. The summed E-state index contributed by atoms with van der Waals surface area (Å²) in [6.45, 7) is 1.68. The molecule has 2 N–H and O–H groups in total. The molecule has 6 nitrogen and oxygen atoms in total. The lowest BCUT2D eigenvalue weighted by Crippen LogP contribution is -2.39. The monoisotopic (exact) mass is 372 g/mol. The number of furan rings is 1. The number of aliphatic hydroxyl groups excluding tert-OH is 1. The van der Waals surface area contributed by atoms with E-state index in [1.807, 2.05) is 43.3 Å². The number of aryl methyl sites for hydroxylation is 1. The van der Waals surface area contributed by atoms with Crippen molar-refractivity contribution in [1.29, 1.82) is 0 Å². The van der Waals surface area contributed by atoms with Crippen LogP contribution in [0.3, 0.4) is 0 Å². The van der Waals surface area contributed by atoms with Gasteiger partial charge >= 0.3 is 0 Å². The number of amides is 1. The number of nitrogens with zero attached hydrogens (tertiary/aromatic N) is 1. The molecule has 3 aromatic rings. The lowest BCUT2D eigenvalue weighted by Gasteiger charge is -2.15. The highest BCUT2D eigenvalue weighted by molar-refractivity contribution is 7.98. The molecule has 0 bridgehead atoms. The van der Waals surface area contributed by atoms with Gasteiger partial charge < -0.3 is 19.4 Å². The summed E-state index contributed by atoms with van der Waals surface area (Å²) < 4.78 is 10.6. The molecule has 26 heavy (non-hydrogen) atoms. The minimum atomic E-state index is -0.386. The smallest absolute Gasteiger partial charge is 0.273 e. The summed E-state index contributed by atoms with van der Waals surface area (Å²) in [4.78, 5) is 12.3. The molecule has 0 radical (unpaired) electrons. The quantitative estimate of drug-likeness (QED) is 0.631. The SMILES string of the molecule is Cc1ccc(-c2cc(C(=O)N[C@@H](CO)CSCc3ccccc3)no2)o1. The van der Waals surface area contributed by atoms with Gasteiger partial charge in [0.05, 0.1) is 12.6 Å². The van der Waals surface area contributed by atoms with E-state index >= 15 is 0 Å². The van der Waals surface area contributed by atoms with Crippen molar-refractivity contribution in [2.45, 2.75) is 18.7 Å². The van der Waals surface area contributed by atoms with Crippen LogP contribution in [0.4, 0.5) is 0 Å². The molecule has 2 aromatic heterocycles. The predicted molar refractivity (Wildman–Crippen MR) is 99.9 cm³/mol. The number of rotatable bonds is 8. The van der Waals surface area contributed by atoms with E-state index in [-0.39, 0.29) is 24.2 Å². The highest BCUT2D eigenvalue weighted by atomic mass is 32.2. The fourth-order valence-corrected chi connectivity index (χ4v) is 3.38. The highest BCUT2D eigenvalue weighted by Crippen LogP contribution is 2.22. The van der Waals surface area contributed by atoms with Gasteiger partial charge in [0.1, 0.15) is 5.76 Å². The summed E-state index contributed by atoms with van der Waals surface area (Å²) in [5.41, 5.74) is 1.36. The summed E-state index contributed by atoms with van der Waals surface area (Å²) in [6, 6.07) is 14.8. The molecule has 3 rings (SSSR count). The van der Waals surface area contributed by atoms with Crippen LogP contribution in [0.25, 0.3) is 11.5 Å². The zero-order valence-corrected chi connectivity index (χ0v) is 15.2. The minimum absolute atomic E-state index is 0.143. The van der Waals surface area contributed by atoms with E-state index in [9.17, 15) is 9.90 Å². The van der Waals surface area contributed by atoms with Crippen molar-refractivity contribution in [1.82, 2.24) is 10.5 Å². The third-order valence-electron chi connectivity index (χ3n) is 3.71. The van der Waals surface area contributed by atoms with E-state index < -0.39 is 0 Å². The Morgan fingerprint density at radius 2 is 2.04 bits per heavy atom. The number of hydrogen-bond acceptors (Lipinski definition) is 6. The fourth-order valence-electron chi connectivity index (χ4n) is 2.36. The van der Waals surface area contributed by atoms with Gasteiger partial charge in [-0.3, -0.25) is 4.79 Å². The average molecular weight is 372 g/mol. The van der Waals surface area contributed by atoms with Crippen molar-refractivity contribution in [2.75, 3.05) is 12.4 Å². The number of nitrogens with one attached hydrogen (secondary N) is 1. The van der Waals surface area contributed by atoms with Gasteiger partial charge in [0, 0.05) is 17.6 Å². The topological polar surface area (TPSA) is 88.5 Å². The van der Waals surface area contributed by atoms with Crippen molar-refractivity contribution in [3.63, 3.8) is 0 Å². The Kier molecular flexibility index (Phi) is 6.14. The lowest BCUT2D eigenvalue weighted by molar-refractivity contribution is 0.0914. The molecule has 0 saturated heterocycles. The van der Waals surface area contributed by atoms with Crippen LogP contribution in [-0.2, 0) is 5.75 Å². The van der Waals surface area contributed by atoms with Crippen LogP contribution in [-0.4, -0.2) is 34.6 Å². The predicted octanol–water partition coefficient (Wildman–Crippen LogP) is 3.27. The molecular weight excluding hydrogens is 352 g/mol. The molecule has 0 aliphatic rings. The second kappa shape index (κ2) is 8.73. The third kappa shape index (κ3) is 4.77.